The first-order valence-corrected chi connectivity index (χ1v) is 8.06. The first-order valence-electron chi connectivity index (χ1n) is 8.06. The summed E-state index contributed by atoms with van der Waals surface area (Å²) in [5, 5.41) is 25.3. The van der Waals surface area contributed by atoms with Crippen molar-refractivity contribution in [3.05, 3.63) is 35.9 Å². The highest BCUT2D eigenvalue weighted by atomic mass is 16.7. The molecule has 0 aliphatic carbocycles. The van der Waals surface area contributed by atoms with Crippen molar-refractivity contribution in [2.45, 2.75) is 51.0 Å². The molecule has 0 unspecified atom stereocenters. The van der Waals surface area contributed by atoms with E-state index < -0.39 is 37.2 Å². The summed E-state index contributed by atoms with van der Waals surface area (Å²) in [6.07, 6.45) is -3.01. The minimum atomic E-state index is -1.18. The average Bonchev–Trinajstić information content (AvgIpc) is 2.58. The van der Waals surface area contributed by atoms with Crippen LogP contribution < -0.4 is 10.6 Å². The number of carbonyl (C=O) groups is 2. The van der Waals surface area contributed by atoms with Crippen molar-refractivity contribution in [2.75, 3.05) is 6.61 Å². The Morgan fingerprint density at radius 3 is 2.28 bits per heavy atom. The van der Waals surface area contributed by atoms with Gasteiger partial charge in [-0.05, 0) is 5.56 Å². The van der Waals surface area contributed by atoms with Gasteiger partial charge in [0.2, 0.25) is 11.8 Å². The van der Waals surface area contributed by atoms with Gasteiger partial charge in [-0.1, -0.05) is 30.3 Å². The van der Waals surface area contributed by atoms with Gasteiger partial charge in [0.15, 0.2) is 6.29 Å². The second-order valence-electron chi connectivity index (χ2n) is 5.97. The molecule has 0 saturated carbocycles. The summed E-state index contributed by atoms with van der Waals surface area (Å²) in [7, 11) is 0. The third-order valence-electron chi connectivity index (χ3n) is 3.92. The number of hydrogen-bond acceptors (Lipinski definition) is 6. The summed E-state index contributed by atoms with van der Waals surface area (Å²) in [5.74, 6) is -0.749. The fourth-order valence-electron chi connectivity index (χ4n) is 2.80. The van der Waals surface area contributed by atoms with Gasteiger partial charge in [-0.3, -0.25) is 9.59 Å². The van der Waals surface area contributed by atoms with Crippen LogP contribution in [-0.4, -0.2) is 59.2 Å². The zero-order valence-corrected chi connectivity index (χ0v) is 14.2. The molecule has 8 heteroatoms. The summed E-state index contributed by atoms with van der Waals surface area (Å²) in [6, 6.07) is 7.60. The zero-order chi connectivity index (χ0) is 18.4. The molecule has 1 aromatic carbocycles. The van der Waals surface area contributed by atoms with E-state index in [0.717, 1.165) is 5.56 Å². The third kappa shape index (κ3) is 5.23. The first-order chi connectivity index (χ1) is 11.9. The molecule has 2 rings (SSSR count). The van der Waals surface area contributed by atoms with Crippen molar-refractivity contribution in [2.24, 2.45) is 0 Å². The lowest BCUT2D eigenvalue weighted by Crippen LogP contribution is -2.68. The van der Waals surface area contributed by atoms with E-state index in [4.69, 9.17) is 9.47 Å². The van der Waals surface area contributed by atoms with Crippen LogP contribution in [0.25, 0.3) is 0 Å². The molecular weight excluding hydrogens is 328 g/mol. The van der Waals surface area contributed by atoms with Crippen molar-refractivity contribution in [1.29, 1.82) is 0 Å². The Hall–Kier alpha value is -2.00. The van der Waals surface area contributed by atoms with E-state index in [-0.39, 0.29) is 18.4 Å². The molecule has 1 aliphatic heterocycles. The number of carbonyl (C=O) groups excluding carboxylic acids is 2. The van der Waals surface area contributed by atoms with E-state index in [1.54, 1.807) is 0 Å². The second-order valence-corrected chi connectivity index (χ2v) is 5.97. The molecule has 1 saturated heterocycles. The molecule has 5 atom stereocenters. The Balaban J connectivity index is 2.14. The molecule has 1 heterocycles. The van der Waals surface area contributed by atoms with E-state index in [2.05, 4.69) is 10.6 Å². The molecule has 1 aliphatic rings. The van der Waals surface area contributed by atoms with Crippen LogP contribution in [0.5, 0.6) is 0 Å². The van der Waals surface area contributed by atoms with Crippen molar-refractivity contribution < 1.29 is 29.3 Å². The van der Waals surface area contributed by atoms with Gasteiger partial charge in [-0.25, -0.2) is 0 Å². The summed E-state index contributed by atoms with van der Waals surface area (Å²) < 4.78 is 11.4. The van der Waals surface area contributed by atoms with E-state index >= 15 is 0 Å². The number of benzene rings is 1. The smallest absolute Gasteiger partial charge is 0.217 e. The SMILES string of the molecule is CC(=O)N[C@H]1[C@H](OCc2ccccc2)O[C@H](CO)[C@@H](NC(C)=O)[C@@H]1O. The topological polar surface area (TPSA) is 117 Å². The van der Waals surface area contributed by atoms with Crippen LogP contribution in [0.3, 0.4) is 0 Å². The summed E-state index contributed by atoms with van der Waals surface area (Å²) in [5.41, 5.74) is 0.895. The van der Waals surface area contributed by atoms with Crippen LogP contribution in [0.1, 0.15) is 19.4 Å². The minimum Gasteiger partial charge on any atom is -0.394 e. The van der Waals surface area contributed by atoms with Crippen LogP contribution in [-0.2, 0) is 25.7 Å². The van der Waals surface area contributed by atoms with Crippen molar-refractivity contribution in [3.8, 4) is 0 Å². The molecule has 138 valence electrons. The molecule has 0 aromatic heterocycles. The van der Waals surface area contributed by atoms with Gasteiger partial charge < -0.3 is 30.3 Å². The van der Waals surface area contributed by atoms with Crippen LogP contribution in [0.2, 0.25) is 0 Å². The maximum atomic E-state index is 11.5. The van der Waals surface area contributed by atoms with Gasteiger partial charge >= 0.3 is 0 Å². The lowest BCUT2D eigenvalue weighted by molar-refractivity contribution is -0.250. The molecular formula is C17H24N2O6. The maximum absolute atomic E-state index is 11.5. The van der Waals surface area contributed by atoms with E-state index in [1.807, 2.05) is 30.3 Å². The molecule has 4 N–H and O–H groups in total. The molecule has 1 aromatic rings. The minimum absolute atomic E-state index is 0.206. The average molecular weight is 352 g/mol. The summed E-state index contributed by atoms with van der Waals surface area (Å²) >= 11 is 0. The zero-order valence-electron chi connectivity index (χ0n) is 14.2. The molecule has 0 spiro atoms. The Labute approximate surface area is 146 Å². The van der Waals surface area contributed by atoms with E-state index in [0.29, 0.717) is 0 Å². The van der Waals surface area contributed by atoms with Gasteiger partial charge in [0.25, 0.3) is 0 Å². The Morgan fingerprint density at radius 2 is 1.72 bits per heavy atom. The number of ether oxygens (including phenoxy) is 2. The highest BCUT2D eigenvalue weighted by Gasteiger charge is 2.46. The first kappa shape index (κ1) is 19.3. The summed E-state index contributed by atoms with van der Waals surface area (Å²) in [6.45, 7) is 2.40. The second kappa shape index (κ2) is 8.91. The van der Waals surface area contributed by atoms with Gasteiger partial charge in [0.05, 0.1) is 19.3 Å². The van der Waals surface area contributed by atoms with E-state index in [9.17, 15) is 19.8 Å². The highest BCUT2D eigenvalue weighted by Crippen LogP contribution is 2.23. The number of amides is 2. The molecule has 8 nitrogen and oxygen atoms in total. The summed E-state index contributed by atoms with van der Waals surface area (Å²) in [4.78, 5) is 22.8. The number of aliphatic hydroxyl groups excluding tert-OH is 2. The fraction of sp³-hybridized carbons (Fsp3) is 0.529. The Kier molecular flexibility index (Phi) is 6.89. The fourth-order valence-corrected chi connectivity index (χ4v) is 2.80. The van der Waals surface area contributed by atoms with Crippen LogP contribution in [0, 0.1) is 0 Å². The predicted molar refractivity (Wildman–Crippen MR) is 88.2 cm³/mol. The quantitative estimate of drug-likeness (QED) is 0.537. The van der Waals surface area contributed by atoms with Crippen LogP contribution in [0.15, 0.2) is 30.3 Å². The van der Waals surface area contributed by atoms with Gasteiger partial charge in [-0.15, -0.1) is 0 Å². The van der Waals surface area contributed by atoms with Crippen molar-refractivity contribution in [3.63, 3.8) is 0 Å². The third-order valence-corrected chi connectivity index (χ3v) is 3.92. The molecule has 0 bridgehead atoms. The number of hydrogen-bond donors (Lipinski definition) is 4. The molecule has 0 radical (unpaired) electrons. The number of aliphatic hydroxyl groups is 2. The Bertz CT molecular complexity index is 582. The van der Waals surface area contributed by atoms with E-state index in [1.165, 1.54) is 13.8 Å². The Morgan fingerprint density at radius 1 is 1.12 bits per heavy atom. The number of nitrogens with one attached hydrogen (secondary N) is 2. The van der Waals surface area contributed by atoms with Gasteiger partial charge in [-0.2, -0.15) is 0 Å². The van der Waals surface area contributed by atoms with Crippen molar-refractivity contribution >= 4 is 11.8 Å². The molecule has 25 heavy (non-hydrogen) atoms. The maximum Gasteiger partial charge on any atom is 0.217 e. The van der Waals surface area contributed by atoms with Gasteiger partial charge in [0.1, 0.15) is 18.2 Å². The molecule has 1 fully saturated rings. The van der Waals surface area contributed by atoms with Crippen LogP contribution >= 0.6 is 0 Å². The normalized spacial score (nSPS) is 29.0. The lowest BCUT2D eigenvalue weighted by atomic mass is 9.94. The lowest BCUT2D eigenvalue weighted by Gasteiger charge is -2.44. The van der Waals surface area contributed by atoms with Gasteiger partial charge in [0, 0.05) is 13.8 Å². The molecule has 2 amide bonds. The van der Waals surface area contributed by atoms with Crippen LogP contribution in [0.4, 0.5) is 0 Å². The largest absolute Gasteiger partial charge is 0.394 e. The number of rotatable bonds is 6. The van der Waals surface area contributed by atoms with Crippen molar-refractivity contribution in [1.82, 2.24) is 10.6 Å². The highest BCUT2D eigenvalue weighted by molar-refractivity contribution is 5.74. The monoisotopic (exact) mass is 352 g/mol. The predicted octanol–water partition coefficient (Wildman–Crippen LogP) is -0.709. The standard InChI is InChI=1S/C17H24N2O6/c1-10(21)18-14-13(8-20)25-17(15(16(14)23)19-11(2)22)24-9-12-6-4-3-5-7-12/h3-7,13-17,20,23H,8-9H2,1-2H3,(H,18,21)(H,19,22)/t13-,14-,15-,16+,17-/m1/s1.